The van der Waals surface area contributed by atoms with Gasteiger partial charge < -0.3 is 15.1 Å². The zero-order valence-electron chi connectivity index (χ0n) is 15.4. The second-order valence-corrected chi connectivity index (χ2v) is 7.57. The van der Waals surface area contributed by atoms with Gasteiger partial charge >= 0.3 is 0 Å². The molecule has 4 rings (SSSR count). The van der Waals surface area contributed by atoms with Crippen LogP contribution in [0.2, 0.25) is 0 Å². The summed E-state index contributed by atoms with van der Waals surface area (Å²) in [6, 6.07) is 10.3. The zero-order chi connectivity index (χ0) is 18.9. The van der Waals surface area contributed by atoms with Crippen molar-refractivity contribution in [2.45, 2.75) is 25.4 Å². The van der Waals surface area contributed by atoms with Gasteiger partial charge in [0.2, 0.25) is 5.91 Å². The summed E-state index contributed by atoms with van der Waals surface area (Å²) in [5.41, 5.74) is 1.07. The van der Waals surface area contributed by atoms with Crippen LogP contribution < -0.4 is 10.6 Å². The molecular formula is C20H24N4O3. The molecule has 2 N–H and O–H groups in total. The van der Waals surface area contributed by atoms with Gasteiger partial charge in [0.05, 0.1) is 5.41 Å². The highest BCUT2D eigenvalue weighted by atomic mass is 16.3. The fourth-order valence-corrected chi connectivity index (χ4v) is 4.73. The Morgan fingerprint density at radius 3 is 2.85 bits per heavy atom. The number of fused-ring (bicyclic) bond motifs is 1. The highest BCUT2D eigenvalue weighted by Crippen LogP contribution is 2.49. The van der Waals surface area contributed by atoms with Gasteiger partial charge in [-0.1, -0.05) is 30.3 Å². The number of carbonyl (C=O) groups excluding carboxylic acids is 2. The molecule has 2 amide bonds. The monoisotopic (exact) mass is 368 g/mol. The number of benzene rings is 1. The molecule has 0 spiro atoms. The lowest BCUT2D eigenvalue weighted by Crippen LogP contribution is -2.44. The highest BCUT2D eigenvalue weighted by Gasteiger charge is 2.57. The topological polar surface area (TPSA) is 87.5 Å². The molecule has 1 aromatic carbocycles. The molecule has 2 aliphatic rings. The van der Waals surface area contributed by atoms with E-state index in [0.29, 0.717) is 13.0 Å². The number of nitrogens with one attached hydrogen (secondary N) is 2. The molecule has 0 unspecified atom stereocenters. The van der Waals surface area contributed by atoms with Gasteiger partial charge in [-0.3, -0.25) is 14.5 Å². The maximum absolute atomic E-state index is 12.8. The van der Waals surface area contributed by atoms with Crippen molar-refractivity contribution in [3.8, 4) is 0 Å². The second-order valence-electron chi connectivity index (χ2n) is 7.57. The fourth-order valence-electron chi connectivity index (χ4n) is 4.73. The minimum atomic E-state index is -0.453. The number of oxazole rings is 1. The lowest BCUT2D eigenvalue weighted by atomic mass is 9.80. The van der Waals surface area contributed by atoms with E-state index < -0.39 is 5.41 Å². The molecule has 1 aromatic heterocycles. The van der Waals surface area contributed by atoms with Crippen LogP contribution in [-0.4, -0.2) is 47.9 Å². The first-order valence-electron chi connectivity index (χ1n) is 9.28. The molecule has 2 aromatic rings. The van der Waals surface area contributed by atoms with Gasteiger partial charge in [0.1, 0.15) is 6.26 Å². The van der Waals surface area contributed by atoms with E-state index >= 15 is 0 Å². The van der Waals surface area contributed by atoms with E-state index in [1.807, 2.05) is 18.2 Å². The molecule has 27 heavy (non-hydrogen) atoms. The molecule has 1 aliphatic carbocycles. The number of aromatic nitrogens is 1. The third-order valence-corrected chi connectivity index (χ3v) is 5.87. The van der Waals surface area contributed by atoms with Gasteiger partial charge in [0.25, 0.3) is 5.91 Å². The summed E-state index contributed by atoms with van der Waals surface area (Å²) in [4.78, 5) is 31.3. The van der Waals surface area contributed by atoms with E-state index in [1.54, 1.807) is 7.05 Å². The van der Waals surface area contributed by atoms with Gasteiger partial charge in [-0.2, -0.15) is 0 Å². The molecule has 0 bridgehead atoms. The number of nitrogens with zero attached hydrogens (tertiary/aromatic N) is 2. The van der Waals surface area contributed by atoms with E-state index in [2.05, 4.69) is 32.7 Å². The lowest BCUT2D eigenvalue weighted by molar-refractivity contribution is -0.131. The Bertz CT molecular complexity index is 808. The number of amides is 2. The normalized spacial score (nSPS) is 27.3. The van der Waals surface area contributed by atoms with E-state index in [0.717, 1.165) is 19.5 Å². The van der Waals surface area contributed by atoms with E-state index in [9.17, 15) is 9.59 Å². The average Bonchev–Trinajstić information content (AvgIpc) is 3.37. The largest absolute Gasteiger partial charge is 0.451 e. The van der Waals surface area contributed by atoms with Crippen LogP contribution in [0, 0.1) is 11.3 Å². The summed E-state index contributed by atoms with van der Waals surface area (Å²) >= 11 is 0. The molecule has 0 radical (unpaired) electrons. The summed E-state index contributed by atoms with van der Waals surface area (Å²) in [6.07, 6.45) is 4.02. The first-order valence-corrected chi connectivity index (χ1v) is 9.28. The fraction of sp³-hybridized carbons (Fsp3) is 0.450. The number of hydrogen-bond donors (Lipinski definition) is 2. The highest BCUT2D eigenvalue weighted by molar-refractivity contribution is 5.92. The Kier molecular flexibility index (Phi) is 4.70. The third-order valence-electron chi connectivity index (χ3n) is 5.87. The van der Waals surface area contributed by atoms with Crippen LogP contribution in [0.1, 0.15) is 28.9 Å². The third kappa shape index (κ3) is 3.35. The Labute approximate surface area is 158 Å². The maximum atomic E-state index is 12.8. The number of likely N-dealkylation sites (tertiary alicyclic amines) is 1. The van der Waals surface area contributed by atoms with Crippen LogP contribution in [0.3, 0.4) is 0 Å². The minimum absolute atomic E-state index is 0.0321. The maximum Gasteiger partial charge on any atom is 0.273 e. The predicted octanol–water partition coefficient (Wildman–Crippen LogP) is 1.43. The first-order chi connectivity index (χ1) is 13.1. The minimum Gasteiger partial charge on any atom is -0.451 e. The predicted molar refractivity (Wildman–Crippen MR) is 98.7 cm³/mol. The lowest BCUT2D eigenvalue weighted by Gasteiger charge is -2.27. The molecule has 1 saturated heterocycles. The van der Waals surface area contributed by atoms with Crippen molar-refractivity contribution in [3.63, 3.8) is 0 Å². The van der Waals surface area contributed by atoms with E-state index in [1.165, 1.54) is 18.2 Å². The number of rotatable bonds is 5. The van der Waals surface area contributed by atoms with Crippen LogP contribution >= 0.6 is 0 Å². The number of hydrogen-bond acceptors (Lipinski definition) is 5. The van der Waals surface area contributed by atoms with Crippen molar-refractivity contribution in [2.75, 3.05) is 20.1 Å². The summed E-state index contributed by atoms with van der Waals surface area (Å²) in [7, 11) is 1.69. The van der Waals surface area contributed by atoms with Gasteiger partial charge in [-0.25, -0.2) is 4.98 Å². The van der Waals surface area contributed by atoms with Gasteiger partial charge in [0, 0.05) is 32.7 Å². The first kappa shape index (κ1) is 17.7. The Morgan fingerprint density at radius 1 is 1.33 bits per heavy atom. The van der Waals surface area contributed by atoms with Gasteiger partial charge in [0.15, 0.2) is 12.1 Å². The van der Waals surface area contributed by atoms with Crippen LogP contribution in [-0.2, 0) is 11.3 Å². The van der Waals surface area contributed by atoms with Crippen LogP contribution in [0.4, 0.5) is 0 Å². The Morgan fingerprint density at radius 2 is 2.15 bits per heavy atom. The van der Waals surface area contributed by atoms with Crippen molar-refractivity contribution in [1.82, 2.24) is 20.5 Å². The van der Waals surface area contributed by atoms with Crippen molar-refractivity contribution in [1.29, 1.82) is 0 Å². The van der Waals surface area contributed by atoms with Crippen LogP contribution in [0.25, 0.3) is 0 Å². The Balaban J connectivity index is 1.46. The van der Waals surface area contributed by atoms with E-state index in [-0.39, 0.29) is 29.5 Å². The molecule has 1 saturated carbocycles. The van der Waals surface area contributed by atoms with Gasteiger partial charge in [-0.15, -0.1) is 0 Å². The Hall–Kier alpha value is -2.67. The summed E-state index contributed by atoms with van der Waals surface area (Å²) in [5, 5.41) is 5.87. The zero-order valence-corrected chi connectivity index (χ0v) is 15.4. The van der Waals surface area contributed by atoms with Crippen molar-refractivity contribution in [3.05, 3.63) is 54.2 Å². The second kappa shape index (κ2) is 7.15. The van der Waals surface area contributed by atoms with Gasteiger partial charge in [-0.05, 0) is 24.3 Å². The SMILES string of the molecule is CNC(=O)[C@]12C[C@@H](NC(=O)c3cocn3)C[C@H]1CN(Cc1ccccc1)C2. The van der Waals surface area contributed by atoms with Crippen LogP contribution in [0.5, 0.6) is 0 Å². The molecule has 3 atom stereocenters. The standard InChI is InChI=1S/C20H24N4O3/c1-21-19(26)20-8-16(23-18(25)17-11-27-13-22-17)7-15(20)10-24(12-20)9-14-5-3-2-4-6-14/h2-6,11,13,15-16H,7-10,12H2,1H3,(H,21,26)(H,23,25)/t15-,16-,20-/m0/s1. The average molecular weight is 368 g/mol. The molecule has 7 nitrogen and oxygen atoms in total. The molecular weight excluding hydrogens is 344 g/mol. The van der Waals surface area contributed by atoms with Crippen molar-refractivity contribution >= 4 is 11.8 Å². The van der Waals surface area contributed by atoms with Crippen molar-refractivity contribution in [2.24, 2.45) is 11.3 Å². The summed E-state index contributed by atoms with van der Waals surface area (Å²) < 4.78 is 4.88. The van der Waals surface area contributed by atoms with Crippen molar-refractivity contribution < 1.29 is 14.0 Å². The van der Waals surface area contributed by atoms with Crippen LogP contribution in [0.15, 0.2) is 47.4 Å². The molecule has 142 valence electrons. The summed E-state index contributed by atoms with van der Waals surface area (Å²) in [5.74, 6) is 0.0481. The smallest absolute Gasteiger partial charge is 0.273 e. The molecule has 1 aliphatic heterocycles. The molecule has 7 heteroatoms. The molecule has 2 heterocycles. The molecule has 2 fully saturated rings. The summed E-state index contributed by atoms with van der Waals surface area (Å²) in [6.45, 7) is 2.41. The number of carbonyl (C=O) groups is 2. The van der Waals surface area contributed by atoms with E-state index in [4.69, 9.17) is 4.42 Å². The quantitative estimate of drug-likeness (QED) is 0.834.